The summed E-state index contributed by atoms with van der Waals surface area (Å²) in [5.41, 5.74) is -0.0975. The minimum atomic E-state index is -0.454. The highest BCUT2D eigenvalue weighted by molar-refractivity contribution is 5.80. The van der Waals surface area contributed by atoms with Gasteiger partial charge in [0.1, 0.15) is 6.54 Å². The zero-order valence-corrected chi connectivity index (χ0v) is 23.0. The van der Waals surface area contributed by atoms with Crippen molar-refractivity contribution in [2.24, 2.45) is 17.8 Å². The van der Waals surface area contributed by atoms with Gasteiger partial charge in [-0.15, -0.1) is 0 Å². The molecule has 6 atom stereocenters. The van der Waals surface area contributed by atoms with Gasteiger partial charge in [0.25, 0.3) is 5.56 Å². The highest BCUT2D eigenvalue weighted by Gasteiger charge is 2.46. The molecule has 4 aliphatic rings. The average molecular weight is 522 g/mol. The highest BCUT2D eigenvalue weighted by atomic mass is 16.5. The second kappa shape index (κ2) is 10.6. The van der Waals surface area contributed by atoms with Gasteiger partial charge in [-0.1, -0.05) is 31.9 Å². The summed E-state index contributed by atoms with van der Waals surface area (Å²) in [5, 5.41) is 0.495. The first-order valence-corrected chi connectivity index (χ1v) is 15.1. The number of benzene rings is 1. The number of hydrogen-bond donors (Lipinski definition) is 0. The smallest absolute Gasteiger partial charge is 0.332 e. The van der Waals surface area contributed by atoms with Crippen LogP contribution in [0, 0.1) is 17.8 Å². The van der Waals surface area contributed by atoms with Crippen LogP contribution in [0.1, 0.15) is 90.5 Å². The zero-order valence-electron chi connectivity index (χ0n) is 23.0. The van der Waals surface area contributed by atoms with Crippen LogP contribution in [0.15, 0.2) is 33.9 Å². The first-order valence-electron chi connectivity index (χ1n) is 15.1. The van der Waals surface area contributed by atoms with Gasteiger partial charge < -0.3 is 4.74 Å². The molecule has 7 heteroatoms. The lowest BCUT2D eigenvalue weighted by Crippen LogP contribution is -2.59. The van der Waals surface area contributed by atoms with Gasteiger partial charge in [0.05, 0.1) is 17.5 Å². The number of ether oxygens (including phenoxy) is 1. The summed E-state index contributed by atoms with van der Waals surface area (Å²) in [4.78, 5) is 42.8. The molecule has 0 spiro atoms. The number of piperidine rings is 2. The SMILES string of the molecule is CCOC(=O)Cn1c(=O)n(C2CC3CCCC(C2)N3C2CC3CC(CC)C[C@@H](C3)C2)c(=O)c2ccccc21. The van der Waals surface area contributed by atoms with Crippen LogP contribution in [-0.4, -0.2) is 44.7 Å². The van der Waals surface area contributed by atoms with Crippen molar-refractivity contribution in [2.45, 2.75) is 115 Å². The Morgan fingerprint density at radius 3 is 2.21 bits per heavy atom. The fourth-order valence-corrected chi connectivity index (χ4v) is 8.88. The van der Waals surface area contributed by atoms with Crippen molar-refractivity contribution in [2.75, 3.05) is 6.61 Å². The predicted molar refractivity (Wildman–Crippen MR) is 148 cm³/mol. The van der Waals surface area contributed by atoms with Crippen molar-refractivity contribution >= 4 is 16.9 Å². The van der Waals surface area contributed by atoms with Crippen molar-refractivity contribution in [3.8, 4) is 0 Å². The van der Waals surface area contributed by atoms with E-state index in [1.807, 2.05) is 6.07 Å². The zero-order chi connectivity index (χ0) is 26.4. The molecule has 3 heterocycles. The lowest BCUT2D eigenvalue weighted by atomic mass is 9.64. The van der Waals surface area contributed by atoms with Crippen LogP contribution in [0.4, 0.5) is 0 Å². The van der Waals surface area contributed by atoms with Gasteiger partial charge in [-0.2, -0.15) is 0 Å². The van der Waals surface area contributed by atoms with E-state index >= 15 is 0 Å². The number of esters is 1. The van der Waals surface area contributed by atoms with Gasteiger partial charge in [0.15, 0.2) is 0 Å². The molecule has 6 rings (SSSR count). The van der Waals surface area contributed by atoms with Crippen LogP contribution in [0.2, 0.25) is 0 Å². The number of aromatic nitrogens is 2. The van der Waals surface area contributed by atoms with Crippen molar-refractivity contribution in [3.63, 3.8) is 0 Å². The van der Waals surface area contributed by atoms with E-state index in [4.69, 9.17) is 4.74 Å². The summed E-state index contributed by atoms with van der Waals surface area (Å²) in [6.45, 7) is 4.19. The Morgan fingerprint density at radius 1 is 0.868 bits per heavy atom. The highest BCUT2D eigenvalue weighted by Crippen LogP contribution is 2.48. The molecule has 0 amide bonds. The maximum atomic E-state index is 13.8. The summed E-state index contributed by atoms with van der Waals surface area (Å²) in [6.07, 6.45) is 13.4. The summed E-state index contributed by atoms with van der Waals surface area (Å²) >= 11 is 0. The number of rotatable bonds is 6. The molecule has 4 fully saturated rings. The first-order chi connectivity index (χ1) is 18.5. The topological polar surface area (TPSA) is 73.5 Å². The summed E-state index contributed by atoms with van der Waals surface area (Å²) in [5.74, 6) is 2.20. The van der Waals surface area contributed by atoms with Crippen molar-refractivity contribution in [1.82, 2.24) is 14.0 Å². The van der Waals surface area contributed by atoms with Gasteiger partial charge in [-0.25, -0.2) is 4.79 Å². The first kappa shape index (κ1) is 25.8. The van der Waals surface area contributed by atoms with E-state index in [0.717, 1.165) is 43.4 Å². The van der Waals surface area contributed by atoms with Crippen molar-refractivity contribution < 1.29 is 9.53 Å². The fourth-order valence-electron chi connectivity index (χ4n) is 8.88. The summed E-state index contributed by atoms with van der Waals surface area (Å²) in [6, 6.07) is 8.53. The standard InChI is InChI=1S/C31H43N3O4/c1-3-20-12-21-14-22(13-20)16-25(15-21)33-23-8-7-9-24(33)18-26(17-23)34-30(36)27-10-5-6-11-28(27)32(31(34)37)19-29(35)38-4-2/h5-6,10-11,20-26H,3-4,7-9,12-19H2,1-2H3/t20?,21-,22?,23?,24?,25?,26?/m0/s1. The van der Waals surface area contributed by atoms with Crippen molar-refractivity contribution in [1.29, 1.82) is 0 Å². The normalized spacial score (nSPS) is 33.3. The monoisotopic (exact) mass is 521 g/mol. The molecule has 1 aromatic carbocycles. The molecule has 2 saturated heterocycles. The van der Waals surface area contributed by atoms with E-state index in [2.05, 4.69) is 11.8 Å². The molecule has 5 unspecified atom stereocenters. The molecule has 2 aromatic rings. The Labute approximate surface area is 225 Å². The Morgan fingerprint density at radius 2 is 1.55 bits per heavy atom. The lowest BCUT2D eigenvalue weighted by Gasteiger charge is -2.55. The van der Waals surface area contributed by atoms with E-state index in [-0.39, 0.29) is 30.4 Å². The number of nitrogens with zero attached hydrogens (tertiary/aromatic N) is 3. The molecule has 0 radical (unpaired) electrons. The average Bonchev–Trinajstić information content (AvgIpc) is 2.90. The molecule has 1 aromatic heterocycles. The van der Waals surface area contributed by atoms with Crippen LogP contribution >= 0.6 is 0 Å². The van der Waals surface area contributed by atoms with E-state index < -0.39 is 5.97 Å². The minimum Gasteiger partial charge on any atom is -0.465 e. The molecule has 206 valence electrons. The van der Waals surface area contributed by atoms with E-state index in [1.165, 1.54) is 54.1 Å². The molecule has 4 bridgehead atoms. The number of para-hydroxylation sites is 1. The number of carbonyl (C=O) groups excluding carboxylic acids is 1. The third-order valence-corrected chi connectivity index (χ3v) is 10.3. The number of carbonyl (C=O) groups is 1. The molecule has 38 heavy (non-hydrogen) atoms. The molecular weight excluding hydrogens is 478 g/mol. The molecule has 2 aliphatic carbocycles. The Balaban J connectivity index is 1.30. The Bertz CT molecular complexity index is 1270. The van der Waals surface area contributed by atoms with Gasteiger partial charge in [0, 0.05) is 24.2 Å². The van der Waals surface area contributed by atoms with Crippen LogP contribution in [0.3, 0.4) is 0 Å². The lowest BCUT2D eigenvalue weighted by molar-refractivity contribution is -0.143. The van der Waals surface area contributed by atoms with E-state index in [9.17, 15) is 14.4 Å². The Kier molecular flexibility index (Phi) is 7.23. The minimum absolute atomic E-state index is 0.132. The maximum absolute atomic E-state index is 13.8. The molecule has 7 nitrogen and oxygen atoms in total. The third kappa shape index (κ3) is 4.65. The van der Waals surface area contributed by atoms with Crippen LogP contribution in [0.25, 0.3) is 10.9 Å². The van der Waals surface area contributed by atoms with E-state index in [0.29, 0.717) is 29.0 Å². The fraction of sp³-hybridized carbons (Fsp3) is 0.710. The van der Waals surface area contributed by atoms with Crippen molar-refractivity contribution in [3.05, 3.63) is 45.1 Å². The van der Waals surface area contributed by atoms with Crippen LogP contribution in [-0.2, 0) is 16.1 Å². The second-order valence-corrected chi connectivity index (χ2v) is 12.5. The Hall–Kier alpha value is -2.41. The van der Waals surface area contributed by atoms with E-state index in [1.54, 1.807) is 25.1 Å². The molecular formula is C31H43N3O4. The molecule has 0 N–H and O–H groups in total. The second-order valence-electron chi connectivity index (χ2n) is 12.5. The molecule has 2 saturated carbocycles. The largest absolute Gasteiger partial charge is 0.465 e. The summed E-state index contributed by atoms with van der Waals surface area (Å²) in [7, 11) is 0. The predicted octanol–water partition coefficient (Wildman–Crippen LogP) is 4.89. The third-order valence-electron chi connectivity index (χ3n) is 10.3. The van der Waals surface area contributed by atoms with Crippen LogP contribution < -0.4 is 11.2 Å². The summed E-state index contributed by atoms with van der Waals surface area (Å²) < 4.78 is 8.10. The van der Waals surface area contributed by atoms with Gasteiger partial charge >= 0.3 is 11.7 Å². The number of hydrogen-bond acceptors (Lipinski definition) is 5. The van der Waals surface area contributed by atoms with Gasteiger partial charge in [-0.05, 0) is 94.6 Å². The quantitative estimate of drug-likeness (QED) is 0.506. The number of fused-ring (bicyclic) bond motifs is 5. The van der Waals surface area contributed by atoms with Gasteiger partial charge in [0.2, 0.25) is 0 Å². The van der Waals surface area contributed by atoms with Crippen LogP contribution in [0.5, 0.6) is 0 Å². The molecule has 2 aliphatic heterocycles. The maximum Gasteiger partial charge on any atom is 0.332 e. The van der Waals surface area contributed by atoms with Gasteiger partial charge in [-0.3, -0.25) is 23.6 Å².